The summed E-state index contributed by atoms with van der Waals surface area (Å²) in [6, 6.07) is 17.9. The molecule has 0 unspecified atom stereocenters. The summed E-state index contributed by atoms with van der Waals surface area (Å²) in [6.45, 7) is 7.91. The first-order chi connectivity index (χ1) is 11.7. The second-order valence-electron chi connectivity index (χ2n) is 4.71. The van der Waals surface area contributed by atoms with Gasteiger partial charge in [-0.15, -0.1) is 12.8 Å². The maximum absolute atomic E-state index is 11.2. The van der Waals surface area contributed by atoms with Crippen molar-refractivity contribution in [1.29, 1.82) is 0 Å². The molecule has 0 aliphatic carbocycles. The maximum atomic E-state index is 11.2. The van der Waals surface area contributed by atoms with Gasteiger partial charge in [0, 0.05) is 0 Å². The van der Waals surface area contributed by atoms with Crippen LogP contribution in [0.1, 0.15) is 33.6 Å². The first-order valence-corrected chi connectivity index (χ1v) is 7.72. The molecule has 0 saturated heterocycles. The fraction of sp³-hybridized carbons (Fsp3) is 0.200. The molecule has 0 aliphatic heterocycles. The average Bonchev–Trinajstić information content (AvgIpc) is 2.66. The van der Waals surface area contributed by atoms with E-state index in [-0.39, 0.29) is 31.4 Å². The number of esters is 2. The van der Waals surface area contributed by atoms with Crippen molar-refractivity contribution in [2.45, 2.75) is 12.8 Å². The minimum Gasteiger partial charge on any atom is -0.465 e. The zero-order valence-electron chi connectivity index (χ0n) is 14.4. The van der Waals surface area contributed by atoms with Crippen LogP contribution in [0.4, 0.5) is 0 Å². The molecule has 4 nitrogen and oxygen atoms in total. The monoisotopic (exact) mass is 390 g/mol. The van der Waals surface area contributed by atoms with Crippen LogP contribution in [0.25, 0.3) is 0 Å². The Hall–Kier alpha value is -2.00. The number of ether oxygens (including phenoxy) is 2. The minimum atomic E-state index is -0.278. The van der Waals surface area contributed by atoms with Crippen LogP contribution in [0.2, 0.25) is 0 Å². The van der Waals surface area contributed by atoms with Crippen LogP contribution >= 0.6 is 0 Å². The molecule has 0 spiro atoms. The van der Waals surface area contributed by atoms with Crippen molar-refractivity contribution in [3.63, 3.8) is 0 Å². The number of hydrogen-bond donors (Lipinski definition) is 0. The van der Waals surface area contributed by atoms with Crippen molar-refractivity contribution in [3.05, 3.63) is 85.6 Å². The molecule has 0 aromatic heterocycles. The number of rotatable bonds is 6. The molecular weight excluding hydrogens is 370 g/mol. The van der Waals surface area contributed by atoms with Gasteiger partial charge in [-0.25, -0.2) is 9.59 Å². The number of hydrogen-bond acceptors (Lipinski definition) is 4. The molecule has 128 valence electrons. The van der Waals surface area contributed by atoms with Crippen LogP contribution in [0.15, 0.2) is 60.7 Å². The van der Waals surface area contributed by atoms with E-state index in [0.29, 0.717) is 37.2 Å². The summed E-state index contributed by atoms with van der Waals surface area (Å²) in [7, 11) is 0. The van der Waals surface area contributed by atoms with Crippen molar-refractivity contribution >= 4 is 11.9 Å². The zero-order chi connectivity index (χ0) is 17.6. The van der Waals surface area contributed by atoms with Crippen molar-refractivity contribution in [2.24, 2.45) is 0 Å². The molecule has 2 rings (SSSR count). The van der Waals surface area contributed by atoms with Gasteiger partial charge in [-0.2, -0.15) is 0 Å². The summed E-state index contributed by atoms with van der Waals surface area (Å²) in [5.74, 6) is -0.557. The zero-order valence-corrected chi connectivity index (χ0v) is 17.3. The standard InChI is InChI=1S/2C10H11O2.Zn/c2*1-2-8-12-10(11)9-6-4-3-5-7-9;/h2*3-7H,1-2,8H2;/q2*-1;+2. The molecule has 2 aromatic rings. The molecule has 0 bridgehead atoms. The Balaban J connectivity index is 0.000000443. The van der Waals surface area contributed by atoms with Gasteiger partial charge in [0.2, 0.25) is 0 Å². The van der Waals surface area contributed by atoms with Gasteiger partial charge >= 0.3 is 31.4 Å². The average molecular weight is 392 g/mol. The van der Waals surface area contributed by atoms with Crippen LogP contribution < -0.4 is 0 Å². The topological polar surface area (TPSA) is 52.6 Å². The molecule has 25 heavy (non-hydrogen) atoms. The molecule has 0 aliphatic rings. The fourth-order valence-corrected chi connectivity index (χ4v) is 1.64. The molecule has 5 heteroatoms. The van der Waals surface area contributed by atoms with Gasteiger partial charge in [0.15, 0.2) is 0 Å². The molecule has 0 atom stereocenters. The SMILES string of the molecule is [CH2-]CCOC(=O)c1ccccc1.[CH2-]CCOC(=O)c1ccccc1.[Zn+2]. The van der Waals surface area contributed by atoms with Gasteiger partial charge < -0.3 is 23.3 Å². The van der Waals surface area contributed by atoms with E-state index in [1.165, 1.54) is 0 Å². The summed E-state index contributed by atoms with van der Waals surface area (Å²) in [6.07, 6.45) is 1.22. The van der Waals surface area contributed by atoms with E-state index in [4.69, 9.17) is 9.47 Å². The summed E-state index contributed by atoms with van der Waals surface area (Å²) < 4.78 is 9.75. The Morgan fingerprint density at radius 1 is 0.680 bits per heavy atom. The predicted octanol–water partition coefficient (Wildman–Crippen LogP) is 4.13. The number of carbonyl (C=O) groups excluding carboxylic acids is 2. The Kier molecular flexibility index (Phi) is 13.2. The van der Waals surface area contributed by atoms with Crippen molar-refractivity contribution in [1.82, 2.24) is 0 Å². The summed E-state index contributed by atoms with van der Waals surface area (Å²) in [5.41, 5.74) is 1.18. The van der Waals surface area contributed by atoms with E-state index in [2.05, 4.69) is 13.8 Å². The van der Waals surface area contributed by atoms with Gasteiger partial charge in [0.1, 0.15) is 0 Å². The Bertz CT molecular complexity index is 544. The van der Waals surface area contributed by atoms with Crippen molar-refractivity contribution in [2.75, 3.05) is 13.2 Å². The largest absolute Gasteiger partial charge is 2.00 e. The summed E-state index contributed by atoms with van der Waals surface area (Å²) in [4.78, 5) is 22.3. The van der Waals surface area contributed by atoms with Gasteiger partial charge in [0.25, 0.3) is 0 Å². The predicted molar refractivity (Wildman–Crippen MR) is 93.4 cm³/mol. The van der Waals surface area contributed by atoms with Gasteiger partial charge in [-0.3, -0.25) is 0 Å². The van der Waals surface area contributed by atoms with Gasteiger partial charge in [0.05, 0.1) is 24.3 Å². The van der Waals surface area contributed by atoms with Crippen LogP contribution in [0.5, 0.6) is 0 Å². The third-order valence-electron chi connectivity index (χ3n) is 2.77. The molecule has 2 aromatic carbocycles. The van der Waals surface area contributed by atoms with Crippen LogP contribution in [0.3, 0.4) is 0 Å². The Morgan fingerprint density at radius 3 is 1.28 bits per heavy atom. The molecule has 0 amide bonds. The molecule has 0 saturated carbocycles. The number of benzene rings is 2. The fourth-order valence-electron chi connectivity index (χ4n) is 1.64. The van der Waals surface area contributed by atoms with E-state index >= 15 is 0 Å². The second-order valence-corrected chi connectivity index (χ2v) is 4.71. The minimum absolute atomic E-state index is 0. The quantitative estimate of drug-likeness (QED) is 0.422. The second kappa shape index (κ2) is 14.4. The van der Waals surface area contributed by atoms with Gasteiger partial charge in [-0.05, 0) is 24.3 Å². The van der Waals surface area contributed by atoms with Crippen molar-refractivity contribution in [3.8, 4) is 0 Å². The third kappa shape index (κ3) is 9.78. The first-order valence-electron chi connectivity index (χ1n) is 7.72. The Morgan fingerprint density at radius 2 is 1.00 bits per heavy atom. The van der Waals surface area contributed by atoms with Gasteiger partial charge in [-0.1, -0.05) is 36.4 Å². The number of carbonyl (C=O) groups is 2. The summed E-state index contributed by atoms with van der Waals surface area (Å²) >= 11 is 0. The molecular formula is C20H22O4Zn. The molecule has 0 heterocycles. The normalized spacial score (nSPS) is 9.04. The third-order valence-corrected chi connectivity index (χ3v) is 2.77. The first kappa shape index (κ1) is 23.0. The van der Waals surface area contributed by atoms with E-state index in [1.54, 1.807) is 48.5 Å². The molecule has 0 fully saturated rings. The van der Waals surface area contributed by atoms with E-state index < -0.39 is 0 Å². The van der Waals surface area contributed by atoms with Crippen LogP contribution in [-0.4, -0.2) is 25.2 Å². The van der Waals surface area contributed by atoms with Crippen molar-refractivity contribution < 1.29 is 38.5 Å². The summed E-state index contributed by atoms with van der Waals surface area (Å²) in [5, 5.41) is 0. The smallest absolute Gasteiger partial charge is 0.465 e. The molecule has 0 radical (unpaired) electrons. The van der Waals surface area contributed by atoms with E-state index in [1.807, 2.05) is 12.1 Å². The van der Waals surface area contributed by atoms with Crippen LogP contribution in [0, 0.1) is 13.8 Å². The Labute approximate surface area is 162 Å². The maximum Gasteiger partial charge on any atom is 2.00 e. The van der Waals surface area contributed by atoms with E-state index in [9.17, 15) is 9.59 Å². The van der Waals surface area contributed by atoms with Crippen LogP contribution in [-0.2, 0) is 29.0 Å². The van der Waals surface area contributed by atoms with E-state index in [0.717, 1.165) is 0 Å². The molecule has 0 N–H and O–H groups in total.